The van der Waals surface area contributed by atoms with Gasteiger partial charge in [0.15, 0.2) is 5.96 Å². The van der Waals surface area contributed by atoms with Crippen LogP contribution >= 0.6 is 23.2 Å². The summed E-state index contributed by atoms with van der Waals surface area (Å²) in [6, 6.07) is 10.5. The summed E-state index contributed by atoms with van der Waals surface area (Å²) in [7, 11) is 0. The maximum Gasteiger partial charge on any atom is 0.251 e. The lowest BCUT2D eigenvalue weighted by Crippen LogP contribution is -2.41. The van der Waals surface area contributed by atoms with Gasteiger partial charge in [-0.15, -0.1) is 0 Å². The molecule has 2 aromatic rings. The summed E-state index contributed by atoms with van der Waals surface area (Å²) in [4.78, 5) is 20.6. The predicted octanol–water partition coefficient (Wildman–Crippen LogP) is 2.92. The van der Waals surface area contributed by atoms with Gasteiger partial charge in [-0.2, -0.15) is 0 Å². The van der Waals surface area contributed by atoms with E-state index in [1.807, 2.05) is 13.0 Å². The molecular formula is C19H23Cl2N5O. The van der Waals surface area contributed by atoms with E-state index in [2.05, 4.69) is 25.9 Å². The van der Waals surface area contributed by atoms with Gasteiger partial charge in [0.2, 0.25) is 0 Å². The van der Waals surface area contributed by atoms with Crippen LogP contribution in [0.2, 0.25) is 10.2 Å². The molecule has 0 spiro atoms. The SMILES string of the molecule is CCNC(=NCCc1ccc(Cl)nc1)NCCNC(=O)c1ccc(Cl)cc1. The van der Waals surface area contributed by atoms with Crippen molar-refractivity contribution in [3.05, 3.63) is 63.9 Å². The molecule has 0 aliphatic rings. The highest BCUT2D eigenvalue weighted by atomic mass is 35.5. The van der Waals surface area contributed by atoms with Crippen molar-refractivity contribution in [2.75, 3.05) is 26.2 Å². The largest absolute Gasteiger partial charge is 0.357 e. The average molecular weight is 408 g/mol. The molecular weight excluding hydrogens is 385 g/mol. The molecule has 0 saturated heterocycles. The number of hydrogen-bond acceptors (Lipinski definition) is 3. The minimum Gasteiger partial charge on any atom is -0.357 e. The number of nitrogens with zero attached hydrogens (tertiary/aromatic N) is 2. The highest BCUT2D eigenvalue weighted by molar-refractivity contribution is 6.30. The third-order valence-corrected chi connectivity index (χ3v) is 4.09. The lowest BCUT2D eigenvalue weighted by molar-refractivity contribution is 0.0954. The molecule has 2 rings (SSSR count). The Hall–Kier alpha value is -2.31. The topological polar surface area (TPSA) is 78.4 Å². The third kappa shape index (κ3) is 7.85. The molecule has 144 valence electrons. The summed E-state index contributed by atoms with van der Waals surface area (Å²) in [5, 5.41) is 10.3. The van der Waals surface area contributed by atoms with E-state index in [0.717, 1.165) is 18.5 Å². The fraction of sp³-hybridized carbons (Fsp3) is 0.316. The Morgan fingerprint density at radius 3 is 2.44 bits per heavy atom. The van der Waals surface area contributed by atoms with Gasteiger partial charge < -0.3 is 16.0 Å². The molecule has 0 atom stereocenters. The number of benzene rings is 1. The highest BCUT2D eigenvalue weighted by Gasteiger charge is 2.04. The van der Waals surface area contributed by atoms with Crippen molar-refractivity contribution in [1.29, 1.82) is 0 Å². The summed E-state index contributed by atoms with van der Waals surface area (Å²) >= 11 is 11.6. The fourth-order valence-corrected chi connectivity index (χ4v) is 2.49. The van der Waals surface area contributed by atoms with Gasteiger partial charge in [0.1, 0.15) is 5.15 Å². The van der Waals surface area contributed by atoms with Gasteiger partial charge in [0.25, 0.3) is 5.91 Å². The highest BCUT2D eigenvalue weighted by Crippen LogP contribution is 2.09. The van der Waals surface area contributed by atoms with Crippen LogP contribution in [-0.4, -0.2) is 43.0 Å². The molecule has 0 aliphatic heterocycles. The molecule has 6 nitrogen and oxygen atoms in total. The lowest BCUT2D eigenvalue weighted by atomic mass is 10.2. The molecule has 0 saturated carbocycles. The number of nitrogens with one attached hydrogen (secondary N) is 3. The summed E-state index contributed by atoms with van der Waals surface area (Å²) in [6.07, 6.45) is 2.53. The second-order valence-electron chi connectivity index (χ2n) is 5.69. The first-order valence-corrected chi connectivity index (χ1v) is 9.50. The molecule has 1 amide bonds. The molecule has 0 unspecified atom stereocenters. The second kappa shape index (κ2) is 11.4. The van der Waals surface area contributed by atoms with Crippen LogP contribution in [0.5, 0.6) is 0 Å². The summed E-state index contributed by atoms with van der Waals surface area (Å²) in [5.74, 6) is 0.575. The average Bonchev–Trinajstić information content (AvgIpc) is 2.67. The lowest BCUT2D eigenvalue weighted by Gasteiger charge is -2.12. The fourth-order valence-electron chi connectivity index (χ4n) is 2.25. The number of carbonyl (C=O) groups excluding carboxylic acids is 1. The number of guanidine groups is 1. The van der Waals surface area contributed by atoms with Crippen LogP contribution in [0.25, 0.3) is 0 Å². The molecule has 1 aromatic carbocycles. The quantitative estimate of drug-likeness (QED) is 0.272. The zero-order valence-corrected chi connectivity index (χ0v) is 16.6. The van der Waals surface area contributed by atoms with Crippen molar-refractivity contribution in [3.63, 3.8) is 0 Å². The van der Waals surface area contributed by atoms with Crippen molar-refractivity contribution < 1.29 is 4.79 Å². The van der Waals surface area contributed by atoms with Crippen LogP contribution in [0.4, 0.5) is 0 Å². The summed E-state index contributed by atoms with van der Waals surface area (Å²) < 4.78 is 0. The zero-order chi connectivity index (χ0) is 19.5. The van der Waals surface area contributed by atoms with E-state index in [4.69, 9.17) is 23.2 Å². The minimum atomic E-state index is -0.134. The molecule has 3 N–H and O–H groups in total. The first-order chi connectivity index (χ1) is 13.1. The van der Waals surface area contributed by atoms with E-state index < -0.39 is 0 Å². The number of aromatic nitrogens is 1. The Bertz CT molecular complexity index is 748. The Balaban J connectivity index is 1.73. The Morgan fingerprint density at radius 2 is 1.78 bits per heavy atom. The molecule has 27 heavy (non-hydrogen) atoms. The first-order valence-electron chi connectivity index (χ1n) is 8.75. The van der Waals surface area contributed by atoms with Crippen molar-refractivity contribution in [2.45, 2.75) is 13.3 Å². The van der Waals surface area contributed by atoms with Crippen LogP contribution in [0, 0.1) is 0 Å². The second-order valence-corrected chi connectivity index (χ2v) is 6.51. The van der Waals surface area contributed by atoms with E-state index >= 15 is 0 Å². The minimum absolute atomic E-state index is 0.134. The zero-order valence-electron chi connectivity index (χ0n) is 15.1. The van der Waals surface area contributed by atoms with E-state index in [-0.39, 0.29) is 5.91 Å². The van der Waals surface area contributed by atoms with E-state index in [9.17, 15) is 4.79 Å². The molecule has 1 aromatic heterocycles. The molecule has 8 heteroatoms. The van der Waals surface area contributed by atoms with Gasteiger partial charge in [-0.1, -0.05) is 29.3 Å². The van der Waals surface area contributed by atoms with Gasteiger partial charge in [-0.25, -0.2) is 4.98 Å². The van der Waals surface area contributed by atoms with Crippen LogP contribution in [0.3, 0.4) is 0 Å². The van der Waals surface area contributed by atoms with Gasteiger partial charge in [0, 0.05) is 43.0 Å². The number of amides is 1. The molecule has 0 aliphatic carbocycles. The number of aliphatic imine (C=N–C) groups is 1. The summed E-state index contributed by atoms with van der Waals surface area (Å²) in [6.45, 7) is 4.42. The number of rotatable bonds is 8. The van der Waals surface area contributed by atoms with E-state index in [0.29, 0.717) is 41.3 Å². The van der Waals surface area contributed by atoms with Crippen LogP contribution < -0.4 is 16.0 Å². The van der Waals surface area contributed by atoms with Crippen molar-refractivity contribution in [3.8, 4) is 0 Å². The standard InChI is InChI=1S/C19H23Cl2N5O/c1-2-22-19(24-10-9-14-3-8-17(21)26-13-14)25-12-11-23-18(27)15-4-6-16(20)7-5-15/h3-8,13H,2,9-12H2,1H3,(H,23,27)(H2,22,24,25). The van der Waals surface area contributed by atoms with Gasteiger partial charge in [-0.3, -0.25) is 9.79 Å². The molecule has 0 radical (unpaired) electrons. The smallest absolute Gasteiger partial charge is 0.251 e. The van der Waals surface area contributed by atoms with Crippen LogP contribution in [0.15, 0.2) is 47.6 Å². The maximum absolute atomic E-state index is 12.0. The van der Waals surface area contributed by atoms with Crippen molar-refractivity contribution in [2.24, 2.45) is 4.99 Å². The van der Waals surface area contributed by atoms with Gasteiger partial charge >= 0.3 is 0 Å². The van der Waals surface area contributed by atoms with Gasteiger partial charge in [-0.05, 0) is 49.2 Å². The van der Waals surface area contributed by atoms with E-state index in [1.165, 1.54) is 0 Å². The first kappa shape index (κ1) is 21.0. The van der Waals surface area contributed by atoms with Gasteiger partial charge in [0.05, 0.1) is 0 Å². The summed E-state index contributed by atoms with van der Waals surface area (Å²) in [5.41, 5.74) is 1.66. The normalized spacial score (nSPS) is 11.1. The van der Waals surface area contributed by atoms with Crippen molar-refractivity contribution >= 4 is 35.1 Å². The number of pyridine rings is 1. The van der Waals surface area contributed by atoms with Crippen LogP contribution in [-0.2, 0) is 6.42 Å². The molecule has 0 bridgehead atoms. The van der Waals surface area contributed by atoms with Crippen molar-refractivity contribution in [1.82, 2.24) is 20.9 Å². The predicted molar refractivity (Wildman–Crippen MR) is 111 cm³/mol. The Morgan fingerprint density at radius 1 is 1.04 bits per heavy atom. The Kier molecular flexibility index (Phi) is 8.87. The third-order valence-electron chi connectivity index (χ3n) is 3.61. The molecule has 0 fully saturated rings. The molecule has 1 heterocycles. The van der Waals surface area contributed by atoms with Crippen LogP contribution in [0.1, 0.15) is 22.8 Å². The van der Waals surface area contributed by atoms with E-state index in [1.54, 1.807) is 36.5 Å². The Labute approximate surface area is 169 Å². The number of carbonyl (C=O) groups is 1. The number of hydrogen-bond donors (Lipinski definition) is 3. The maximum atomic E-state index is 12.0. The monoisotopic (exact) mass is 407 g/mol. The number of halogens is 2.